The van der Waals surface area contributed by atoms with Crippen LogP contribution in [0, 0.1) is 6.92 Å². The molecular weight excluding hydrogens is 290 g/mol. The second-order valence-corrected chi connectivity index (χ2v) is 5.37. The number of halogens is 1. The normalized spacial score (nSPS) is 14.4. The monoisotopic (exact) mass is 307 g/mol. The maximum atomic E-state index is 6.30. The second-order valence-electron chi connectivity index (χ2n) is 4.45. The summed E-state index contributed by atoms with van der Waals surface area (Å²) in [6.07, 6.45) is 4.74. The van der Waals surface area contributed by atoms with Crippen LogP contribution in [-0.4, -0.2) is 15.6 Å². The molecule has 0 amide bonds. The second kappa shape index (κ2) is 5.67. The molecule has 0 aliphatic carbocycles. The summed E-state index contributed by atoms with van der Waals surface area (Å²) >= 11 is 3.52. The predicted octanol–water partition coefficient (Wildman–Crippen LogP) is 3.28. The van der Waals surface area contributed by atoms with E-state index in [-0.39, 0.29) is 12.1 Å². The number of imidazole rings is 1. The van der Waals surface area contributed by atoms with E-state index >= 15 is 0 Å². The van der Waals surface area contributed by atoms with Gasteiger partial charge in [0.15, 0.2) is 0 Å². The molecule has 2 rings (SSSR count). The number of hydrogen-bond acceptors (Lipinski definition) is 2. The minimum atomic E-state index is 0.0761. The fourth-order valence-corrected chi connectivity index (χ4v) is 2.63. The van der Waals surface area contributed by atoms with Gasteiger partial charge < -0.3 is 10.3 Å². The third-order valence-electron chi connectivity index (χ3n) is 3.23. The Hall–Kier alpha value is -1.13. The average molecular weight is 308 g/mol. The molecule has 2 N–H and O–H groups in total. The summed E-state index contributed by atoms with van der Waals surface area (Å²) in [6, 6.07) is 8.52. The molecule has 0 spiro atoms. The van der Waals surface area contributed by atoms with Crippen molar-refractivity contribution in [1.82, 2.24) is 9.55 Å². The topological polar surface area (TPSA) is 43.8 Å². The smallest absolute Gasteiger partial charge is 0.106 e. The number of aryl methyl sites for hydroxylation is 1. The van der Waals surface area contributed by atoms with Gasteiger partial charge >= 0.3 is 0 Å². The number of rotatable bonds is 4. The molecule has 0 aliphatic rings. The summed E-state index contributed by atoms with van der Waals surface area (Å²) in [5, 5.41) is 0. The molecule has 1 aromatic carbocycles. The molecule has 96 valence electrons. The molecule has 2 unspecified atom stereocenters. The zero-order valence-corrected chi connectivity index (χ0v) is 12.3. The lowest BCUT2D eigenvalue weighted by molar-refractivity contribution is 0.451. The number of aromatic nitrogens is 2. The molecule has 2 atom stereocenters. The summed E-state index contributed by atoms with van der Waals surface area (Å²) in [6.45, 7) is 4.12. The third kappa shape index (κ3) is 2.65. The van der Waals surface area contributed by atoms with Gasteiger partial charge in [0.25, 0.3) is 0 Å². The van der Waals surface area contributed by atoms with E-state index in [0.29, 0.717) is 0 Å². The van der Waals surface area contributed by atoms with Crippen LogP contribution in [0.2, 0.25) is 0 Å². The van der Waals surface area contributed by atoms with Crippen molar-refractivity contribution in [2.75, 3.05) is 0 Å². The predicted molar refractivity (Wildman–Crippen MR) is 77.5 cm³/mol. The molecule has 0 radical (unpaired) electrons. The Morgan fingerprint density at radius 1 is 1.44 bits per heavy atom. The Bertz CT molecular complexity index is 521. The molecule has 2 aromatic rings. The van der Waals surface area contributed by atoms with Crippen molar-refractivity contribution in [3.8, 4) is 0 Å². The Morgan fingerprint density at radius 3 is 2.78 bits per heavy atom. The van der Waals surface area contributed by atoms with Crippen molar-refractivity contribution in [3.05, 3.63) is 52.5 Å². The Labute approximate surface area is 116 Å². The Morgan fingerprint density at radius 2 is 2.22 bits per heavy atom. The van der Waals surface area contributed by atoms with Crippen molar-refractivity contribution in [2.24, 2.45) is 5.73 Å². The van der Waals surface area contributed by atoms with Crippen molar-refractivity contribution >= 4 is 15.9 Å². The van der Waals surface area contributed by atoms with Gasteiger partial charge in [-0.1, -0.05) is 35.0 Å². The van der Waals surface area contributed by atoms with Crippen LogP contribution in [0.25, 0.3) is 0 Å². The Kier molecular flexibility index (Phi) is 4.19. The highest BCUT2D eigenvalue weighted by molar-refractivity contribution is 9.10. The standard InChI is InChI=1S/C14H18BrN3/c1-3-13(16)14(18-8-7-17-10(18)2)11-5-4-6-12(15)9-11/h4-9,13-14H,3,16H2,1-2H3. The minimum Gasteiger partial charge on any atom is -0.326 e. The molecule has 0 saturated carbocycles. The molecule has 0 aliphatic heterocycles. The van der Waals surface area contributed by atoms with Gasteiger partial charge in [0.1, 0.15) is 5.82 Å². The fraction of sp³-hybridized carbons (Fsp3) is 0.357. The van der Waals surface area contributed by atoms with Gasteiger partial charge in [-0.2, -0.15) is 0 Å². The van der Waals surface area contributed by atoms with Crippen molar-refractivity contribution in [3.63, 3.8) is 0 Å². The summed E-state index contributed by atoms with van der Waals surface area (Å²) in [5.74, 6) is 0.990. The van der Waals surface area contributed by atoms with E-state index in [4.69, 9.17) is 5.73 Å². The molecule has 0 bridgehead atoms. The van der Waals surface area contributed by atoms with Crippen LogP contribution in [0.5, 0.6) is 0 Å². The van der Waals surface area contributed by atoms with Crippen LogP contribution in [0.3, 0.4) is 0 Å². The molecule has 1 aromatic heterocycles. The minimum absolute atomic E-state index is 0.0761. The summed E-state index contributed by atoms with van der Waals surface area (Å²) in [7, 11) is 0. The van der Waals surface area contributed by atoms with E-state index in [1.807, 2.05) is 31.5 Å². The van der Waals surface area contributed by atoms with E-state index in [9.17, 15) is 0 Å². The first-order valence-electron chi connectivity index (χ1n) is 6.14. The van der Waals surface area contributed by atoms with Crippen molar-refractivity contribution in [1.29, 1.82) is 0 Å². The van der Waals surface area contributed by atoms with Gasteiger partial charge in [0.05, 0.1) is 6.04 Å². The largest absolute Gasteiger partial charge is 0.326 e. The van der Waals surface area contributed by atoms with Crippen molar-refractivity contribution in [2.45, 2.75) is 32.4 Å². The number of benzene rings is 1. The van der Waals surface area contributed by atoms with E-state index in [2.05, 4.69) is 44.5 Å². The van der Waals surface area contributed by atoms with Gasteiger partial charge in [0.2, 0.25) is 0 Å². The Balaban J connectivity index is 2.47. The van der Waals surface area contributed by atoms with Crippen molar-refractivity contribution < 1.29 is 0 Å². The van der Waals surface area contributed by atoms with Gasteiger partial charge in [-0.15, -0.1) is 0 Å². The highest BCUT2D eigenvalue weighted by Gasteiger charge is 2.21. The summed E-state index contributed by atoms with van der Waals surface area (Å²) < 4.78 is 3.22. The van der Waals surface area contributed by atoms with Crippen LogP contribution in [0.15, 0.2) is 41.1 Å². The molecule has 4 heteroatoms. The van der Waals surface area contributed by atoms with Gasteiger partial charge in [-0.05, 0) is 31.0 Å². The highest BCUT2D eigenvalue weighted by Crippen LogP contribution is 2.26. The van der Waals surface area contributed by atoms with Gasteiger partial charge in [-0.25, -0.2) is 4.98 Å². The molecule has 1 heterocycles. The average Bonchev–Trinajstić information content (AvgIpc) is 2.76. The molecule has 0 fully saturated rings. The number of nitrogens with zero attached hydrogens (tertiary/aromatic N) is 2. The lowest BCUT2D eigenvalue weighted by Crippen LogP contribution is -2.32. The van der Waals surface area contributed by atoms with Crippen LogP contribution in [0.4, 0.5) is 0 Å². The van der Waals surface area contributed by atoms with Crippen LogP contribution >= 0.6 is 15.9 Å². The van der Waals surface area contributed by atoms with Gasteiger partial charge in [0, 0.05) is 22.9 Å². The van der Waals surface area contributed by atoms with E-state index in [1.165, 1.54) is 5.56 Å². The van der Waals surface area contributed by atoms with E-state index in [0.717, 1.165) is 16.7 Å². The molecule has 18 heavy (non-hydrogen) atoms. The zero-order valence-electron chi connectivity index (χ0n) is 10.7. The fourth-order valence-electron chi connectivity index (χ4n) is 2.21. The SMILES string of the molecule is CCC(N)C(c1cccc(Br)c1)n1ccnc1C. The highest BCUT2D eigenvalue weighted by atomic mass is 79.9. The lowest BCUT2D eigenvalue weighted by Gasteiger charge is -2.26. The first-order chi connectivity index (χ1) is 8.63. The first kappa shape index (κ1) is 13.3. The molecule has 3 nitrogen and oxygen atoms in total. The lowest BCUT2D eigenvalue weighted by atomic mass is 9.97. The van der Waals surface area contributed by atoms with E-state index in [1.54, 1.807) is 0 Å². The first-order valence-corrected chi connectivity index (χ1v) is 6.93. The quantitative estimate of drug-likeness (QED) is 0.942. The third-order valence-corrected chi connectivity index (χ3v) is 3.72. The summed E-state index contributed by atoms with van der Waals surface area (Å²) in [5.41, 5.74) is 7.50. The number of hydrogen-bond donors (Lipinski definition) is 1. The van der Waals surface area contributed by atoms with Gasteiger partial charge in [-0.3, -0.25) is 0 Å². The zero-order chi connectivity index (χ0) is 13.1. The van der Waals surface area contributed by atoms with Crippen LogP contribution in [0.1, 0.15) is 30.8 Å². The maximum Gasteiger partial charge on any atom is 0.106 e. The van der Waals surface area contributed by atoms with Crippen LogP contribution in [-0.2, 0) is 0 Å². The van der Waals surface area contributed by atoms with E-state index < -0.39 is 0 Å². The van der Waals surface area contributed by atoms with Crippen LogP contribution < -0.4 is 5.73 Å². The maximum absolute atomic E-state index is 6.30. The summed E-state index contributed by atoms with van der Waals surface area (Å²) in [4.78, 5) is 4.30. The number of nitrogens with two attached hydrogens (primary N) is 1. The molecule has 0 saturated heterocycles. The molecular formula is C14H18BrN3.